The lowest BCUT2D eigenvalue weighted by Crippen LogP contribution is -2.50. The summed E-state index contributed by atoms with van der Waals surface area (Å²) in [6.07, 6.45) is 1.38. The molecule has 3 aliphatic heterocycles. The van der Waals surface area contributed by atoms with Crippen LogP contribution in [0, 0.1) is 5.82 Å². The number of ether oxygens (including phenoxy) is 1. The van der Waals surface area contributed by atoms with Gasteiger partial charge in [0.25, 0.3) is 0 Å². The van der Waals surface area contributed by atoms with Crippen molar-refractivity contribution < 1.29 is 18.6 Å². The lowest BCUT2D eigenvalue weighted by atomic mass is 9.95. The molecular formula is C31H32ClF2N5O2. The Kier molecular flexibility index (Phi) is 6.64. The van der Waals surface area contributed by atoms with Crippen LogP contribution in [0.25, 0.3) is 32.8 Å². The third-order valence-corrected chi connectivity index (χ3v) is 9.26. The Hall–Kier alpha value is -3.27. The molecule has 3 aliphatic rings. The van der Waals surface area contributed by atoms with E-state index in [4.69, 9.17) is 21.3 Å². The molecule has 4 heterocycles. The molecule has 3 fully saturated rings. The lowest BCUT2D eigenvalue weighted by molar-refractivity contribution is 0.107. The minimum absolute atomic E-state index is 0.0133. The predicted molar refractivity (Wildman–Crippen MR) is 157 cm³/mol. The van der Waals surface area contributed by atoms with Crippen molar-refractivity contribution in [2.75, 3.05) is 44.2 Å². The highest BCUT2D eigenvalue weighted by atomic mass is 35.5. The molecule has 2 N–H and O–H groups in total. The molecule has 1 aromatic heterocycles. The fraction of sp³-hybridized carbons (Fsp3) is 0.419. The van der Waals surface area contributed by atoms with Crippen LogP contribution in [0.1, 0.15) is 26.2 Å². The molecule has 214 valence electrons. The number of phenols is 1. The first-order valence-corrected chi connectivity index (χ1v) is 14.6. The topological polar surface area (TPSA) is 73.8 Å². The summed E-state index contributed by atoms with van der Waals surface area (Å²) in [7, 11) is 0. The molecule has 4 aromatic rings. The van der Waals surface area contributed by atoms with Crippen molar-refractivity contribution in [3.8, 4) is 22.9 Å². The summed E-state index contributed by atoms with van der Waals surface area (Å²) >= 11 is 6.82. The minimum atomic E-state index is -0.882. The van der Waals surface area contributed by atoms with Crippen molar-refractivity contribution >= 4 is 39.1 Å². The maximum atomic E-state index is 16.7. The van der Waals surface area contributed by atoms with E-state index >= 15 is 4.39 Å². The minimum Gasteiger partial charge on any atom is -0.508 e. The Balaban J connectivity index is 1.38. The lowest BCUT2D eigenvalue weighted by Gasteiger charge is -2.36. The number of halogens is 3. The molecule has 0 radical (unpaired) electrons. The molecule has 3 atom stereocenters. The number of nitrogens with one attached hydrogen (secondary N) is 1. The normalized spacial score (nSPS) is 24.8. The van der Waals surface area contributed by atoms with Gasteiger partial charge in [-0.05, 0) is 60.8 Å². The van der Waals surface area contributed by atoms with Gasteiger partial charge in [0.2, 0.25) is 0 Å². The number of alkyl halides is 1. The van der Waals surface area contributed by atoms with Crippen molar-refractivity contribution in [3.63, 3.8) is 0 Å². The van der Waals surface area contributed by atoms with Gasteiger partial charge < -0.3 is 20.1 Å². The SMILES string of the molecule is C[C@H]1CNCCN1c1nc(OC[C@@]23CCCN2C[C@H](F)C3)nc2c(F)c(-c3cc(O)cc4ccccc34)c(Cl)cc12. The maximum absolute atomic E-state index is 16.7. The second kappa shape index (κ2) is 10.2. The van der Waals surface area contributed by atoms with Crippen LogP contribution in [-0.2, 0) is 0 Å². The number of aromatic hydroxyl groups is 1. The highest BCUT2D eigenvalue weighted by molar-refractivity contribution is 6.35. The van der Waals surface area contributed by atoms with Crippen LogP contribution < -0.4 is 15.0 Å². The Bertz CT molecular complexity index is 1650. The first kappa shape index (κ1) is 26.6. The molecule has 0 saturated carbocycles. The summed E-state index contributed by atoms with van der Waals surface area (Å²) in [6, 6.07) is 12.5. The number of anilines is 1. The molecule has 41 heavy (non-hydrogen) atoms. The van der Waals surface area contributed by atoms with Gasteiger partial charge in [0.05, 0.1) is 10.6 Å². The van der Waals surface area contributed by atoms with E-state index in [2.05, 4.69) is 27.0 Å². The fourth-order valence-electron chi connectivity index (χ4n) is 7.00. The van der Waals surface area contributed by atoms with E-state index in [0.717, 1.165) is 43.2 Å². The van der Waals surface area contributed by atoms with E-state index in [1.54, 1.807) is 12.1 Å². The first-order valence-electron chi connectivity index (χ1n) is 14.2. The molecule has 0 unspecified atom stereocenters. The van der Waals surface area contributed by atoms with E-state index in [1.165, 1.54) is 6.07 Å². The smallest absolute Gasteiger partial charge is 0.319 e. The summed E-state index contributed by atoms with van der Waals surface area (Å²) in [5, 5.41) is 16.1. The molecular weight excluding hydrogens is 548 g/mol. The number of hydrogen-bond acceptors (Lipinski definition) is 7. The van der Waals surface area contributed by atoms with Gasteiger partial charge in [-0.2, -0.15) is 9.97 Å². The zero-order valence-electron chi connectivity index (χ0n) is 22.8. The van der Waals surface area contributed by atoms with Gasteiger partial charge >= 0.3 is 6.01 Å². The average Bonchev–Trinajstić information content (AvgIpc) is 3.48. The second-order valence-electron chi connectivity index (χ2n) is 11.6. The number of rotatable bonds is 5. The molecule has 0 aliphatic carbocycles. The van der Waals surface area contributed by atoms with Gasteiger partial charge in [-0.15, -0.1) is 0 Å². The molecule has 10 heteroatoms. The number of nitrogens with zero attached hydrogens (tertiary/aromatic N) is 4. The quantitative estimate of drug-likeness (QED) is 0.314. The van der Waals surface area contributed by atoms with E-state index in [9.17, 15) is 9.50 Å². The van der Waals surface area contributed by atoms with E-state index < -0.39 is 12.0 Å². The Labute approximate surface area is 242 Å². The van der Waals surface area contributed by atoms with Gasteiger partial charge in [-0.25, -0.2) is 8.78 Å². The van der Waals surface area contributed by atoms with Gasteiger partial charge in [-0.3, -0.25) is 4.90 Å². The maximum Gasteiger partial charge on any atom is 0.319 e. The Morgan fingerprint density at radius 1 is 1.17 bits per heavy atom. The van der Waals surface area contributed by atoms with Gasteiger partial charge in [0.15, 0.2) is 5.82 Å². The molecule has 7 rings (SSSR count). The predicted octanol–water partition coefficient (Wildman–Crippen LogP) is 5.70. The second-order valence-corrected chi connectivity index (χ2v) is 12.0. The molecule has 0 amide bonds. The first-order chi connectivity index (χ1) is 19.8. The number of fused-ring (bicyclic) bond motifs is 3. The zero-order valence-corrected chi connectivity index (χ0v) is 23.6. The fourth-order valence-corrected chi connectivity index (χ4v) is 7.29. The van der Waals surface area contributed by atoms with Crippen LogP contribution in [-0.4, -0.2) is 77.1 Å². The van der Waals surface area contributed by atoms with Crippen LogP contribution in [0.5, 0.6) is 11.8 Å². The largest absolute Gasteiger partial charge is 0.508 e. The Morgan fingerprint density at radius 2 is 2.02 bits per heavy atom. The van der Waals surface area contributed by atoms with Crippen LogP contribution in [0.2, 0.25) is 5.02 Å². The third-order valence-electron chi connectivity index (χ3n) is 8.96. The van der Waals surface area contributed by atoms with Crippen molar-refractivity contribution in [2.24, 2.45) is 0 Å². The Morgan fingerprint density at radius 3 is 2.88 bits per heavy atom. The number of hydrogen-bond donors (Lipinski definition) is 2. The summed E-state index contributed by atoms with van der Waals surface area (Å²) < 4.78 is 37.3. The molecule has 7 nitrogen and oxygen atoms in total. The standard InChI is InChI=1S/C31H32ClF2N5O2/c1-18-15-35-8-10-39(18)29-24-13-25(32)26(23-12-21(40)11-19-5-2-3-6-22(19)23)27(34)28(24)36-30(37-29)41-17-31-7-4-9-38(31)16-20(33)14-31/h2-3,5-6,11-13,18,20,35,40H,4,7-10,14-17H2,1H3/t18-,20+,31-/m0/s1. The van der Waals surface area contributed by atoms with Crippen molar-refractivity contribution in [2.45, 2.75) is 43.9 Å². The van der Waals surface area contributed by atoms with Crippen molar-refractivity contribution in [1.29, 1.82) is 0 Å². The number of benzene rings is 3. The zero-order chi connectivity index (χ0) is 28.3. The number of phenolic OH excluding ortho intramolecular Hbond substituents is 1. The summed E-state index contributed by atoms with van der Waals surface area (Å²) in [5.41, 5.74) is 0.346. The van der Waals surface area contributed by atoms with Crippen LogP contribution in [0.15, 0.2) is 42.5 Å². The molecule has 3 aromatic carbocycles. The highest BCUT2D eigenvalue weighted by Gasteiger charge is 2.49. The number of aromatic nitrogens is 2. The third kappa shape index (κ3) is 4.54. The van der Waals surface area contributed by atoms with Crippen LogP contribution >= 0.6 is 11.6 Å². The molecule has 0 bridgehead atoms. The molecule has 3 saturated heterocycles. The average molecular weight is 580 g/mol. The molecule has 0 spiro atoms. The van der Waals surface area contributed by atoms with E-state index in [-0.39, 0.29) is 46.1 Å². The summed E-state index contributed by atoms with van der Waals surface area (Å²) in [5.74, 6) is -0.0352. The van der Waals surface area contributed by atoms with E-state index in [1.807, 2.05) is 24.3 Å². The summed E-state index contributed by atoms with van der Waals surface area (Å²) in [4.78, 5) is 13.7. The van der Waals surface area contributed by atoms with Gasteiger partial charge in [0, 0.05) is 49.6 Å². The van der Waals surface area contributed by atoms with Crippen molar-refractivity contribution in [3.05, 3.63) is 53.3 Å². The van der Waals surface area contributed by atoms with Crippen LogP contribution in [0.4, 0.5) is 14.6 Å². The highest BCUT2D eigenvalue weighted by Crippen LogP contribution is 2.44. The van der Waals surface area contributed by atoms with Crippen molar-refractivity contribution in [1.82, 2.24) is 20.2 Å². The van der Waals surface area contributed by atoms with Gasteiger partial charge in [0.1, 0.15) is 29.9 Å². The van der Waals surface area contributed by atoms with E-state index in [0.29, 0.717) is 36.3 Å². The number of piperazine rings is 1. The summed E-state index contributed by atoms with van der Waals surface area (Å²) in [6.45, 7) is 5.77. The van der Waals surface area contributed by atoms with Crippen LogP contribution in [0.3, 0.4) is 0 Å². The van der Waals surface area contributed by atoms with Gasteiger partial charge in [-0.1, -0.05) is 35.9 Å². The monoisotopic (exact) mass is 579 g/mol.